The Hall–Kier alpha value is -2.48. The number of esters is 1. The standard InChI is InChI=1S/C22H19Cl2NO5S/c1-12-4-6-14(7-5-12)11-30-19-16(23)8-15(9-17(19)24)10-18-20(26)25(22(28)31-18)13(2)21(27)29-3/h4-10,13H,11H2,1-3H3/b18-10+/t13-/m1/s1. The lowest BCUT2D eigenvalue weighted by molar-refractivity contribution is -0.148. The third-order valence-electron chi connectivity index (χ3n) is 4.58. The SMILES string of the molecule is COC(=O)[C@@H](C)N1C(=O)S/C(=C/c2cc(Cl)c(OCc3ccc(C)cc3)c(Cl)c2)C1=O. The number of aryl methyl sites for hydroxylation is 1. The van der Waals surface area contributed by atoms with Crippen molar-refractivity contribution >= 4 is 58.2 Å². The first kappa shape index (κ1) is 23.2. The predicted molar refractivity (Wildman–Crippen MR) is 121 cm³/mol. The van der Waals surface area contributed by atoms with E-state index in [9.17, 15) is 14.4 Å². The van der Waals surface area contributed by atoms with Gasteiger partial charge >= 0.3 is 5.97 Å². The van der Waals surface area contributed by atoms with Crippen molar-refractivity contribution in [2.24, 2.45) is 0 Å². The molecule has 0 spiro atoms. The van der Waals surface area contributed by atoms with E-state index in [2.05, 4.69) is 4.74 Å². The van der Waals surface area contributed by atoms with Crippen LogP contribution < -0.4 is 4.74 Å². The van der Waals surface area contributed by atoms with E-state index in [1.807, 2.05) is 31.2 Å². The molecule has 162 valence electrons. The molecule has 0 saturated carbocycles. The lowest BCUT2D eigenvalue weighted by Gasteiger charge is -2.18. The summed E-state index contributed by atoms with van der Waals surface area (Å²) in [4.78, 5) is 37.6. The average Bonchev–Trinajstić information content (AvgIpc) is 3.00. The Morgan fingerprint density at radius 1 is 1.16 bits per heavy atom. The molecule has 1 aliphatic rings. The largest absolute Gasteiger partial charge is 0.486 e. The molecular formula is C22H19Cl2NO5S. The maximum atomic E-state index is 12.6. The topological polar surface area (TPSA) is 72.9 Å². The first-order valence-corrected chi connectivity index (χ1v) is 10.8. The molecule has 1 atom stereocenters. The van der Waals surface area contributed by atoms with E-state index in [1.54, 1.807) is 12.1 Å². The Labute approximate surface area is 194 Å². The number of hydrogen-bond acceptors (Lipinski definition) is 6. The zero-order chi connectivity index (χ0) is 22.7. The molecule has 0 N–H and O–H groups in total. The van der Waals surface area contributed by atoms with Gasteiger partial charge < -0.3 is 9.47 Å². The summed E-state index contributed by atoms with van der Waals surface area (Å²) in [5.74, 6) is -0.932. The summed E-state index contributed by atoms with van der Waals surface area (Å²) in [6, 6.07) is 10.0. The molecule has 1 fully saturated rings. The zero-order valence-electron chi connectivity index (χ0n) is 17.0. The monoisotopic (exact) mass is 479 g/mol. The van der Waals surface area contributed by atoms with E-state index < -0.39 is 23.2 Å². The quantitative estimate of drug-likeness (QED) is 0.403. The fourth-order valence-electron chi connectivity index (χ4n) is 2.88. The van der Waals surface area contributed by atoms with Crippen LogP contribution in [-0.4, -0.2) is 35.2 Å². The van der Waals surface area contributed by atoms with Crippen molar-refractivity contribution < 1.29 is 23.9 Å². The number of thioether (sulfide) groups is 1. The summed E-state index contributed by atoms with van der Waals surface area (Å²) < 4.78 is 10.4. The minimum absolute atomic E-state index is 0.154. The van der Waals surface area contributed by atoms with Crippen molar-refractivity contribution in [2.75, 3.05) is 7.11 Å². The Morgan fingerprint density at radius 3 is 2.35 bits per heavy atom. The molecule has 0 aromatic heterocycles. The van der Waals surface area contributed by atoms with Gasteiger partial charge in [-0.05, 0) is 54.9 Å². The number of hydrogen-bond donors (Lipinski definition) is 0. The van der Waals surface area contributed by atoms with Gasteiger partial charge in [0.2, 0.25) is 0 Å². The molecule has 2 amide bonds. The summed E-state index contributed by atoms with van der Waals surface area (Å²) in [6.07, 6.45) is 1.50. The van der Waals surface area contributed by atoms with Gasteiger partial charge in [0, 0.05) is 0 Å². The van der Waals surface area contributed by atoms with Crippen molar-refractivity contribution in [1.29, 1.82) is 0 Å². The second-order valence-electron chi connectivity index (χ2n) is 6.84. The molecule has 0 bridgehead atoms. The number of amides is 2. The van der Waals surface area contributed by atoms with Gasteiger partial charge in [-0.2, -0.15) is 0 Å². The van der Waals surface area contributed by atoms with Crippen molar-refractivity contribution in [2.45, 2.75) is 26.5 Å². The van der Waals surface area contributed by atoms with Crippen LogP contribution in [0.5, 0.6) is 5.75 Å². The van der Waals surface area contributed by atoms with Crippen LogP contribution in [0.25, 0.3) is 6.08 Å². The molecule has 2 aromatic carbocycles. The minimum atomic E-state index is -1.02. The second-order valence-corrected chi connectivity index (χ2v) is 8.65. The van der Waals surface area contributed by atoms with E-state index >= 15 is 0 Å². The number of ether oxygens (including phenoxy) is 2. The third-order valence-corrected chi connectivity index (χ3v) is 6.02. The highest BCUT2D eigenvalue weighted by Crippen LogP contribution is 2.38. The van der Waals surface area contributed by atoms with Crippen molar-refractivity contribution in [3.8, 4) is 5.75 Å². The predicted octanol–water partition coefficient (Wildman–Crippen LogP) is 5.48. The fourth-order valence-corrected chi connectivity index (χ4v) is 4.40. The van der Waals surface area contributed by atoms with Crippen LogP contribution in [0.15, 0.2) is 41.3 Å². The van der Waals surface area contributed by atoms with Crippen molar-refractivity contribution in [3.63, 3.8) is 0 Å². The first-order chi connectivity index (χ1) is 14.7. The van der Waals surface area contributed by atoms with Gasteiger partial charge in [-0.1, -0.05) is 53.0 Å². The van der Waals surface area contributed by atoms with Crippen LogP contribution in [-0.2, 0) is 20.9 Å². The van der Waals surface area contributed by atoms with Crippen molar-refractivity contribution in [3.05, 3.63) is 68.0 Å². The van der Waals surface area contributed by atoms with Crippen LogP contribution in [0.2, 0.25) is 10.0 Å². The van der Waals surface area contributed by atoms with Crippen LogP contribution >= 0.6 is 35.0 Å². The summed E-state index contributed by atoms with van der Waals surface area (Å²) in [6.45, 7) is 3.73. The molecule has 0 unspecified atom stereocenters. The van der Waals surface area contributed by atoms with Crippen LogP contribution in [0.4, 0.5) is 4.79 Å². The van der Waals surface area contributed by atoms with Gasteiger partial charge in [-0.3, -0.25) is 14.5 Å². The van der Waals surface area contributed by atoms with Gasteiger partial charge in [0.15, 0.2) is 5.75 Å². The number of nitrogens with zero attached hydrogens (tertiary/aromatic N) is 1. The molecule has 3 rings (SSSR count). The van der Waals surface area contributed by atoms with Gasteiger partial charge in [-0.15, -0.1) is 0 Å². The van der Waals surface area contributed by atoms with E-state index in [1.165, 1.54) is 20.1 Å². The molecule has 1 aliphatic heterocycles. The number of carbonyl (C=O) groups excluding carboxylic acids is 3. The molecule has 1 saturated heterocycles. The Balaban J connectivity index is 1.78. The normalized spacial score (nSPS) is 16.0. The second kappa shape index (κ2) is 9.77. The molecule has 0 radical (unpaired) electrons. The van der Waals surface area contributed by atoms with Gasteiger partial charge in [-0.25, -0.2) is 4.79 Å². The minimum Gasteiger partial charge on any atom is -0.486 e. The number of rotatable bonds is 6. The van der Waals surface area contributed by atoms with Crippen LogP contribution in [0.1, 0.15) is 23.6 Å². The number of benzene rings is 2. The van der Waals surface area contributed by atoms with Gasteiger partial charge in [0.05, 0.1) is 22.1 Å². The average molecular weight is 480 g/mol. The highest BCUT2D eigenvalue weighted by molar-refractivity contribution is 8.18. The van der Waals surface area contributed by atoms with E-state index in [4.69, 9.17) is 27.9 Å². The Morgan fingerprint density at radius 2 is 1.77 bits per heavy atom. The Bertz CT molecular complexity index is 1050. The number of imide groups is 1. The summed E-state index contributed by atoms with van der Waals surface area (Å²) in [7, 11) is 1.19. The number of methoxy groups -OCH3 is 1. The summed E-state index contributed by atoms with van der Waals surface area (Å²) >= 11 is 13.4. The lowest BCUT2D eigenvalue weighted by atomic mass is 10.1. The fraction of sp³-hybridized carbons (Fsp3) is 0.227. The van der Waals surface area contributed by atoms with E-state index in [-0.39, 0.29) is 15.0 Å². The molecule has 0 aliphatic carbocycles. The highest BCUT2D eigenvalue weighted by atomic mass is 35.5. The van der Waals surface area contributed by atoms with Crippen LogP contribution in [0, 0.1) is 6.92 Å². The zero-order valence-corrected chi connectivity index (χ0v) is 19.3. The Kier molecular flexibility index (Phi) is 7.30. The maximum Gasteiger partial charge on any atom is 0.328 e. The van der Waals surface area contributed by atoms with E-state index in [0.717, 1.165) is 27.8 Å². The molecule has 1 heterocycles. The molecule has 2 aromatic rings. The van der Waals surface area contributed by atoms with Gasteiger partial charge in [0.1, 0.15) is 12.6 Å². The molecule has 6 nitrogen and oxygen atoms in total. The first-order valence-electron chi connectivity index (χ1n) is 9.23. The molecular weight excluding hydrogens is 461 g/mol. The van der Waals surface area contributed by atoms with Crippen molar-refractivity contribution in [1.82, 2.24) is 4.90 Å². The number of halogens is 2. The summed E-state index contributed by atoms with van der Waals surface area (Å²) in [5.41, 5.74) is 2.64. The summed E-state index contributed by atoms with van der Waals surface area (Å²) in [5, 5.41) is -0.00886. The van der Waals surface area contributed by atoms with Gasteiger partial charge in [0.25, 0.3) is 11.1 Å². The lowest BCUT2D eigenvalue weighted by Crippen LogP contribution is -2.42. The molecule has 31 heavy (non-hydrogen) atoms. The number of carbonyl (C=O) groups is 3. The maximum absolute atomic E-state index is 12.6. The smallest absolute Gasteiger partial charge is 0.328 e. The van der Waals surface area contributed by atoms with E-state index in [0.29, 0.717) is 17.9 Å². The molecule has 9 heteroatoms. The third kappa shape index (κ3) is 5.23. The van der Waals surface area contributed by atoms with Crippen LogP contribution in [0.3, 0.4) is 0 Å². The highest BCUT2D eigenvalue weighted by Gasteiger charge is 2.41.